The molecule has 2 aliphatic heterocycles. The topological polar surface area (TPSA) is 47.9 Å². The Kier molecular flexibility index (Phi) is 9.91. The lowest BCUT2D eigenvalue weighted by atomic mass is 10.1. The van der Waals surface area contributed by atoms with Gasteiger partial charge in [0.05, 0.1) is 6.54 Å². The maximum atomic E-state index is 11.9. The van der Waals surface area contributed by atoms with Crippen LogP contribution in [0.3, 0.4) is 0 Å². The molecule has 1 amide bonds. The summed E-state index contributed by atoms with van der Waals surface area (Å²) in [5.74, 6) is 2.47. The van der Waals surface area contributed by atoms with E-state index in [0.29, 0.717) is 18.2 Å². The summed E-state index contributed by atoms with van der Waals surface area (Å²) >= 11 is 2.08. The highest BCUT2D eigenvalue weighted by Crippen LogP contribution is 2.21. The Labute approximate surface area is 190 Å². The zero-order chi connectivity index (χ0) is 19.1. The number of nitrogens with one attached hydrogen (secondary N) is 1. The number of thioether (sulfide) groups is 1. The van der Waals surface area contributed by atoms with Crippen molar-refractivity contribution in [2.45, 2.75) is 51.4 Å². The molecule has 1 unspecified atom stereocenters. The first-order valence-electron chi connectivity index (χ1n) is 10.2. The van der Waals surface area contributed by atoms with Gasteiger partial charge in [-0.1, -0.05) is 31.2 Å². The lowest BCUT2D eigenvalue weighted by molar-refractivity contribution is -0.128. The summed E-state index contributed by atoms with van der Waals surface area (Å²) in [6.07, 6.45) is 2.89. The molecule has 7 heteroatoms. The minimum atomic E-state index is 0. The fourth-order valence-corrected chi connectivity index (χ4v) is 4.85. The molecule has 156 valence electrons. The highest BCUT2D eigenvalue weighted by atomic mass is 127. The third-order valence-electron chi connectivity index (χ3n) is 5.18. The molecule has 0 radical (unpaired) electrons. The van der Waals surface area contributed by atoms with Crippen molar-refractivity contribution in [2.24, 2.45) is 4.99 Å². The normalized spacial score (nSPS) is 20.3. The van der Waals surface area contributed by atoms with Gasteiger partial charge in [-0.15, -0.1) is 24.0 Å². The SMILES string of the molecule is CCNC(=NCc1cccc(CN2CCCC2=O)c1)N1CCSC(CC)C1.I. The average molecular weight is 516 g/mol. The van der Waals surface area contributed by atoms with E-state index in [2.05, 4.69) is 60.1 Å². The number of aliphatic imine (C=N–C) groups is 1. The highest BCUT2D eigenvalue weighted by Gasteiger charge is 2.22. The molecule has 1 atom stereocenters. The Morgan fingerprint density at radius 3 is 2.82 bits per heavy atom. The van der Waals surface area contributed by atoms with Crippen LogP contribution in [0.4, 0.5) is 0 Å². The number of carbonyl (C=O) groups excluding carboxylic acids is 1. The summed E-state index contributed by atoms with van der Waals surface area (Å²) in [4.78, 5) is 21.1. The predicted octanol–water partition coefficient (Wildman–Crippen LogP) is 3.72. The van der Waals surface area contributed by atoms with Crippen molar-refractivity contribution in [3.8, 4) is 0 Å². The van der Waals surface area contributed by atoms with Crippen LogP contribution in [0.5, 0.6) is 0 Å². The summed E-state index contributed by atoms with van der Waals surface area (Å²) in [6.45, 7) is 9.69. The molecular weight excluding hydrogens is 483 g/mol. The summed E-state index contributed by atoms with van der Waals surface area (Å²) in [5, 5.41) is 4.16. The molecule has 2 saturated heterocycles. The minimum Gasteiger partial charge on any atom is -0.357 e. The summed E-state index contributed by atoms with van der Waals surface area (Å²) in [6, 6.07) is 8.51. The molecular formula is C21H33IN4OS. The van der Waals surface area contributed by atoms with E-state index in [1.807, 2.05) is 4.90 Å². The monoisotopic (exact) mass is 516 g/mol. The van der Waals surface area contributed by atoms with Gasteiger partial charge < -0.3 is 15.1 Å². The van der Waals surface area contributed by atoms with Crippen molar-refractivity contribution < 1.29 is 4.79 Å². The fraction of sp³-hybridized carbons (Fsp3) is 0.619. The Morgan fingerprint density at radius 2 is 2.11 bits per heavy atom. The van der Waals surface area contributed by atoms with Crippen LogP contribution in [0.1, 0.15) is 44.2 Å². The third kappa shape index (κ3) is 6.54. The number of likely N-dealkylation sites (tertiary alicyclic amines) is 1. The summed E-state index contributed by atoms with van der Waals surface area (Å²) < 4.78 is 0. The number of amides is 1. The van der Waals surface area contributed by atoms with E-state index >= 15 is 0 Å². The lowest BCUT2D eigenvalue weighted by Crippen LogP contribution is -2.48. The number of halogens is 1. The molecule has 0 saturated carbocycles. The van der Waals surface area contributed by atoms with Crippen LogP contribution in [0, 0.1) is 0 Å². The second-order valence-corrected chi connectivity index (χ2v) is 8.66. The quantitative estimate of drug-likeness (QED) is 0.356. The van der Waals surface area contributed by atoms with E-state index in [-0.39, 0.29) is 29.9 Å². The van der Waals surface area contributed by atoms with Crippen LogP contribution >= 0.6 is 35.7 Å². The van der Waals surface area contributed by atoms with Crippen LogP contribution in [0.2, 0.25) is 0 Å². The number of benzene rings is 1. The molecule has 2 heterocycles. The largest absolute Gasteiger partial charge is 0.357 e. The number of hydrogen-bond donors (Lipinski definition) is 1. The molecule has 1 aromatic rings. The molecule has 0 spiro atoms. The fourth-order valence-electron chi connectivity index (χ4n) is 3.67. The third-order valence-corrected chi connectivity index (χ3v) is 6.55. The molecule has 3 rings (SSSR count). The Hall–Kier alpha value is -0.960. The maximum Gasteiger partial charge on any atom is 0.222 e. The van der Waals surface area contributed by atoms with Gasteiger partial charge in [0, 0.05) is 50.1 Å². The number of nitrogens with zero attached hydrogens (tertiary/aromatic N) is 3. The van der Waals surface area contributed by atoms with Crippen molar-refractivity contribution in [1.82, 2.24) is 15.1 Å². The Morgan fingerprint density at radius 1 is 1.29 bits per heavy atom. The van der Waals surface area contributed by atoms with Gasteiger partial charge in [-0.25, -0.2) is 4.99 Å². The molecule has 0 bridgehead atoms. The van der Waals surface area contributed by atoms with Gasteiger partial charge in [-0.2, -0.15) is 11.8 Å². The zero-order valence-corrected chi connectivity index (χ0v) is 20.2. The van der Waals surface area contributed by atoms with E-state index < -0.39 is 0 Å². The maximum absolute atomic E-state index is 11.9. The van der Waals surface area contributed by atoms with Gasteiger partial charge in [0.15, 0.2) is 5.96 Å². The van der Waals surface area contributed by atoms with Crippen LogP contribution in [0.25, 0.3) is 0 Å². The van der Waals surface area contributed by atoms with Gasteiger partial charge in [-0.05, 0) is 30.9 Å². The second kappa shape index (κ2) is 11.9. The summed E-state index contributed by atoms with van der Waals surface area (Å²) in [5.41, 5.74) is 2.40. The van der Waals surface area contributed by atoms with Crippen LogP contribution < -0.4 is 5.32 Å². The van der Waals surface area contributed by atoms with Crippen molar-refractivity contribution >= 4 is 47.6 Å². The molecule has 2 aliphatic rings. The summed E-state index contributed by atoms with van der Waals surface area (Å²) in [7, 11) is 0. The molecule has 28 heavy (non-hydrogen) atoms. The second-order valence-electron chi connectivity index (χ2n) is 7.26. The first-order chi connectivity index (χ1) is 13.2. The van der Waals surface area contributed by atoms with E-state index in [9.17, 15) is 4.79 Å². The molecule has 0 aliphatic carbocycles. The molecule has 1 N–H and O–H groups in total. The smallest absolute Gasteiger partial charge is 0.222 e. The van der Waals surface area contributed by atoms with E-state index in [0.717, 1.165) is 45.1 Å². The average Bonchev–Trinajstić information content (AvgIpc) is 3.10. The molecule has 0 aromatic heterocycles. The van der Waals surface area contributed by atoms with Crippen molar-refractivity contribution in [3.63, 3.8) is 0 Å². The number of hydrogen-bond acceptors (Lipinski definition) is 3. The highest BCUT2D eigenvalue weighted by molar-refractivity contribution is 14.0. The predicted molar refractivity (Wildman–Crippen MR) is 129 cm³/mol. The van der Waals surface area contributed by atoms with Gasteiger partial charge in [0.25, 0.3) is 0 Å². The molecule has 2 fully saturated rings. The van der Waals surface area contributed by atoms with Crippen LogP contribution in [0.15, 0.2) is 29.3 Å². The first-order valence-corrected chi connectivity index (χ1v) is 11.2. The van der Waals surface area contributed by atoms with Crippen molar-refractivity contribution in [3.05, 3.63) is 35.4 Å². The van der Waals surface area contributed by atoms with E-state index in [1.165, 1.54) is 23.3 Å². The Balaban J connectivity index is 0.00000280. The van der Waals surface area contributed by atoms with Crippen molar-refractivity contribution in [1.29, 1.82) is 0 Å². The van der Waals surface area contributed by atoms with Crippen LogP contribution in [-0.2, 0) is 17.9 Å². The van der Waals surface area contributed by atoms with E-state index in [4.69, 9.17) is 4.99 Å². The van der Waals surface area contributed by atoms with Gasteiger partial charge in [0.1, 0.15) is 0 Å². The zero-order valence-electron chi connectivity index (χ0n) is 17.0. The standard InChI is InChI=1S/C21H32N4OS.HI/c1-3-19-16-25(11-12-27-19)21(22-4-2)23-14-17-7-5-8-18(13-17)15-24-10-6-9-20(24)26;/h5,7-8,13,19H,3-4,6,9-12,14-16H2,1-2H3,(H,22,23);1H. The molecule has 5 nitrogen and oxygen atoms in total. The van der Waals surface area contributed by atoms with Gasteiger partial charge in [0.2, 0.25) is 5.91 Å². The van der Waals surface area contributed by atoms with Crippen molar-refractivity contribution in [2.75, 3.05) is 31.9 Å². The van der Waals surface area contributed by atoms with Gasteiger partial charge in [-0.3, -0.25) is 4.79 Å². The first kappa shape index (κ1) is 23.3. The minimum absolute atomic E-state index is 0. The van der Waals surface area contributed by atoms with Crippen LogP contribution in [-0.4, -0.2) is 58.8 Å². The number of rotatable bonds is 6. The number of guanidine groups is 1. The van der Waals surface area contributed by atoms with Gasteiger partial charge >= 0.3 is 0 Å². The van der Waals surface area contributed by atoms with E-state index in [1.54, 1.807) is 0 Å². The number of carbonyl (C=O) groups is 1. The lowest BCUT2D eigenvalue weighted by Gasteiger charge is -2.34. The Bertz CT molecular complexity index is 670. The molecule has 1 aromatic carbocycles.